The molecule has 6 aliphatic rings. The van der Waals surface area contributed by atoms with Crippen LogP contribution in [0.1, 0.15) is 26.2 Å². The number of rotatable bonds is 6. The fraction of sp³-hybridized carbons (Fsp3) is 1.00. The first kappa shape index (κ1) is 24.0. The van der Waals surface area contributed by atoms with Crippen LogP contribution in [-0.2, 0) is 18.9 Å². The van der Waals surface area contributed by atoms with Crippen LogP contribution in [-0.4, -0.2) is 116 Å². The van der Waals surface area contributed by atoms with Crippen molar-refractivity contribution in [1.82, 2.24) is 4.90 Å². The van der Waals surface area contributed by atoms with Crippen LogP contribution in [0.25, 0.3) is 0 Å². The molecule has 9 heteroatoms. The van der Waals surface area contributed by atoms with Gasteiger partial charge in [0.15, 0.2) is 0 Å². The third kappa shape index (κ3) is 2.26. The molecule has 0 amide bonds. The lowest BCUT2D eigenvalue weighted by Gasteiger charge is -2.70. The fourth-order valence-electron chi connectivity index (χ4n) is 11.0. The predicted octanol–water partition coefficient (Wildman–Crippen LogP) is -0.792. The molecular weight excluding hydrogens is 440 g/mol. The Labute approximate surface area is 201 Å². The summed E-state index contributed by atoms with van der Waals surface area (Å²) in [6.45, 7) is 4.07. The fourth-order valence-corrected chi connectivity index (χ4v) is 11.0. The van der Waals surface area contributed by atoms with E-state index in [-0.39, 0.29) is 41.9 Å². The van der Waals surface area contributed by atoms with Gasteiger partial charge in [0.25, 0.3) is 0 Å². The van der Waals surface area contributed by atoms with Crippen LogP contribution < -0.4 is 5.73 Å². The predicted molar refractivity (Wildman–Crippen MR) is 122 cm³/mol. The maximum atomic E-state index is 11.8. The lowest BCUT2D eigenvalue weighted by molar-refractivity contribution is -0.282. The minimum atomic E-state index is -1.35. The second kappa shape index (κ2) is 7.36. The lowest BCUT2D eigenvalue weighted by atomic mass is 9.42. The van der Waals surface area contributed by atoms with Crippen molar-refractivity contribution < 1.29 is 34.3 Å². The molecule has 34 heavy (non-hydrogen) atoms. The Kier molecular flexibility index (Phi) is 5.19. The summed E-state index contributed by atoms with van der Waals surface area (Å²) < 4.78 is 24.2. The summed E-state index contributed by atoms with van der Waals surface area (Å²) in [5.41, 5.74) is 4.33. The molecule has 0 unspecified atom stereocenters. The number of nitrogens with zero attached hydrogens (tertiary/aromatic N) is 1. The second-order valence-corrected chi connectivity index (χ2v) is 12.2. The maximum absolute atomic E-state index is 11.8. The van der Waals surface area contributed by atoms with E-state index in [0.29, 0.717) is 32.4 Å². The SMILES string of the molecule is CCN1C[C@@]2(COC)[C@@H](O)C[C@@H](OC)[C@]34[C@@H]5C[C@]6(O)[C@H](OC)C[C@](N)([C@H]([C@@H](OC)[C@@H]23)[C@H]14)[C@H]5[C@@H]6O. The molecule has 1 spiro atoms. The summed E-state index contributed by atoms with van der Waals surface area (Å²) in [6, 6.07) is 0.0614. The van der Waals surface area contributed by atoms with E-state index in [1.807, 2.05) is 0 Å². The van der Waals surface area contributed by atoms with Crippen LogP contribution in [0.2, 0.25) is 0 Å². The van der Waals surface area contributed by atoms with Crippen molar-refractivity contribution in [2.75, 3.05) is 48.1 Å². The van der Waals surface area contributed by atoms with Crippen LogP contribution in [0.4, 0.5) is 0 Å². The van der Waals surface area contributed by atoms with Gasteiger partial charge in [-0.25, -0.2) is 0 Å². The molecule has 194 valence electrons. The molecule has 1 heterocycles. The van der Waals surface area contributed by atoms with E-state index in [4.69, 9.17) is 24.7 Å². The number of nitrogens with two attached hydrogens (primary N) is 1. The molecule has 14 atom stereocenters. The standard InChI is InChI=1S/C25H42N2O7/c1-6-27-10-22(11-31-2)13(28)7-14(32-3)25-12-8-24(30)15(33-4)9-23(26,16(12)21(24)29)17(20(25)27)18(34-5)19(22)25/h12-21,28-30H,6-11,26H2,1-5H3/t12-,13+,14-,15-,16-,17-,18-,19+,20+,21+,22-,23-,24+,25-/m1/s1. The van der Waals surface area contributed by atoms with E-state index in [2.05, 4.69) is 11.8 Å². The van der Waals surface area contributed by atoms with Gasteiger partial charge in [-0.05, 0) is 25.3 Å². The Bertz CT molecular complexity index is 848. The van der Waals surface area contributed by atoms with Crippen LogP contribution in [0, 0.1) is 34.5 Å². The molecule has 0 aromatic rings. The van der Waals surface area contributed by atoms with Gasteiger partial charge in [-0.15, -0.1) is 0 Å². The molecule has 0 aromatic carbocycles. The highest BCUT2D eigenvalue weighted by molar-refractivity contribution is 5.39. The monoisotopic (exact) mass is 482 g/mol. The first-order valence-electron chi connectivity index (χ1n) is 12.9. The number of hydrogen-bond acceptors (Lipinski definition) is 9. The van der Waals surface area contributed by atoms with Crippen molar-refractivity contribution in [2.45, 2.75) is 73.9 Å². The molecule has 0 aromatic heterocycles. The zero-order chi connectivity index (χ0) is 24.4. The topological polar surface area (TPSA) is 127 Å². The first-order chi connectivity index (χ1) is 16.2. The normalized spacial score (nSPS) is 61.7. The van der Waals surface area contributed by atoms with Gasteiger partial charge in [0.05, 0.1) is 37.1 Å². The minimum absolute atomic E-state index is 0.0614. The molecule has 0 radical (unpaired) electrons. The summed E-state index contributed by atoms with van der Waals surface area (Å²) >= 11 is 0. The Balaban J connectivity index is 1.66. The smallest absolute Gasteiger partial charge is 0.117 e. The summed E-state index contributed by atoms with van der Waals surface area (Å²) in [7, 11) is 6.77. The molecule has 9 nitrogen and oxygen atoms in total. The number of likely N-dealkylation sites (tertiary alicyclic amines) is 1. The maximum Gasteiger partial charge on any atom is 0.117 e. The number of fused-ring (bicyclic) bond motifs is 2. The highest BCUT2D eigenvalue weighted by Gasteiger charge is 2.88. The van der Waals surface area contributed by atoms with Gasteiger partial charge in [-0.3, -0.25) is 4.90 Å². The minimum Gasteiger partial charge on any atom is -0.392 e. The van der Waals surface area contributed by atoms with E-state index in [1.165, 1.54) is 0 Å². The van der Waals surface area contributed by atoms with Gasteiger partial charge in [0.2, 0.25) is 0 Å². The zero-order valence-corrected chi connectivity index (χ0v) is 21.0. The Morgan fingerprint density at radius 1 is 1.00 bits per heavy atom. The van der Waals surface area contributed by atoms with Gasteiger partial charge >= 0.3 is 0 Å². The first-order valence-corrected chi connectivity index (χ1v) is 12.9. The van der Waals surface area contributed by atoms with Crippen molar-refractivity contribution in [2.24, 2.45) is 40.2 Å². The van der Waals surface area contributed by atoms with Crippen LogP contribution >= 0.6 is 0 Å². The van der Waals surface area contributed by atoms with Gasteiger partial charge in [-0.1, -0.05) is 6.92 Å². The second-order valence-electron chi connectivity index (χ2n) is 12.2. The van der Waals surface area contributed by atoms with Crippen LogP contribution in [0.15, 0.2) is 0 Å². The average molecular weight is 483 g/mol. The molecule has 1 saturated heterocycles. The molecule has 5 aliphatic carbocycles. The Morgan fingerprint density at radius 3 is 2.29 bits per heavy atom. The molecule has 6 rings (SSSR count). The van der Waals surface area contributed by atoms with Crippen molar-refractivity contribution in [1.29, 1.82) is 0 Å². The number of hydrogen-bond donors (Lipinski definition) is 4. The number of aliphatic hydroxyl groups is 3. The van der Waals surface area contributed by atoms with Gasteiger partial charge < -0.3 is 40.0 Å². The van der Waals surface area contributed by atoms with Gasteiger partial charge in [0.1, 0.15) is 5.60 Å². The highest BCUT2D eigenvalue weighted by atomic mass is 16.5. The van der Waals surface area contributed by atoms with Gasteiger partial charge in [0, 0.05) is 81.6 Å². The number of aliphatic hydroxyl groups excluding tert-OH is 2. The molecule has 5 saturated carbocycles. The van der Waals surface area contributed by atoms with Crippen molar-refractivity contribution in [3.8, 4) is 0 Å². The van der Waals surface area contributed by atoms with E-state index in [9.17, 15) is 15.3 Å². The summed E-state index contributed by atoms with van der Waals surface area (Å²) in [4.78, 5) is 2.47. The molecule has 6 fully saturated rings. The van der Waals surface area contributed by atoms with E-state index >= 15 is 0 Å². The Morgan fingerprint density at radius 2 is 1.71 bits per heavy atom. The number of ether oxygens (including phenoxy) is 4. The zero-order valence-electron chi connectivity index (χ0n) is 21.0. The van der Waals surface area contributed by atoms with E-state index in [1.54, 1.807) is 28.4 Å². The third-order valence-electron chi connectivity index (χ3n) is 11.7. The van der Waals surface area contributed by atoms with Gasteiger partial charge in [-0.2, -0.15) is 0 Å². The van der Waals surface area contributed by atoms with Crippen LogP contribution in [0.5, 0.6) is 0 Å². The molecule has 5 N–H and O–H groups in total. The third-order valence-corrected chi connectivity index (χ3v) is 11.7. The number of methoxy groups -OCH3 is 4. The number of piperidine rings is 1. The summed E-state index contributed by atoms with van der Waals surface area (Å²) in [6.07, 6.45) is -1.24. The average Bonchev–Trinajstić information content (AvgIpc) is 3.17. The van der Waals surface area contributed by atoms with Crippen molar-refractivity contribution >= 4 is 0 Å². The Hall–Kier alpha value is -0.360. The molecule has 7 bridgehead atoms. The summed E-state index contributed by atoms with van der Waals surface area (Å²) in [5, 5.41) is 35.2. The van der Waals surface area contributed by atoms with Crippen molar-refractivity contribution in [3.63, 3.8) is 0 Å². The molecule has 1 aliphatic heterocycles. The molecular formula is C25H42N2O7. The van der Waals surface area contributed by atoms with E-state index < -0.39 is 40.3 Å². The lowest BCUT2D eigenvalue weighted by Crippen LogP contribution is -2.80. The van der Waals surface area contributed by atoms with Crippen LogP contribution in [0.3, 0.4) is 0 Å². The van der Waals surface area contributed by atoms with Crippen molar-refractivity contribution in [3.05, 3.63) is 0 Å². The summed E-state index contributed by atoms with van der Waals surface area (Å²) in [5.74, 6) is -0.548. The quantitative estimate of drug-likeness (QED) is 0.385. The van der Waals surface area contributed by atoms with E-state index in [0.717, 1.165) is 6.54 Å². The highest BCUT2D eigenvalue weighted by Crippen LogP contribution is 2.79. The largest absolute Gasteiger partial charge is 0.392 e.